The van der Waals surface area contributed by atoms with Crippen molar-refractivity contribution in [3.63, 3.8) is 0 Å². The lowest BCUT2D eigenvalue weighted by atomic mass is 9.86. The van der Waals surface area contributed by atoms with Gasteiger partial charge >= 0.3 is 0 Å². The zero-order valence-electron chi connectivity index (χ0n) is 28.1. The first-order valence-corrected chi connectivity index (χ1v) is 17.5. The van der Waals surface area contributed by atoms with Gasteiger partial charge in [-0.15, -0.1) is 0 Å². The zero-order chi connectivity index (χ0) is 33.4. The lowest BCUT2D eigenvalue weighted by Gasteiger charge is -2.18. The summed E-state index contributed by atoms with van der Waals surface area (Å²) in [6.07, 6.45) is 7.12. The van der Waals surface area contributed by atoms with Gasteiger partial charge in [0, 0.05) is 5.92 Å². The predicted molar refractivity (Wildman–Crippen MR) is 214 cm³/mol. The number of hydrogen-bond donors (Lipinski definition) is 0. The summed E-state index contributed by atoms with van der Waals surface area (Å²) in [5.74, 6) is 0.183. The van der Waals surface area contributed by atoms with Gasteiger partial charge in [0.25, 0.3) is 0 Å². The maximum Gasteiger partial charge on any atom is 0.0217 e. The van der Waals surface area contributed by atoms with Crippen LogP contribution in [0.2, 0.25) is 0 Å². The average Bonchev–Trinajstić information content (AvgIpc) is 3.68. The van der Waals surface area contributed by atoms with E-state index < -0.39 is 0 Å². The van der Waals surface area contributed by atoms with Gasteiger partial charge in [-0.1, -0.05) is 188 Å². The second-order valence-corrected chi connectivity index (χ2v) is 13.3. The normalized spacial score (nSPS) is 13.9. The Kier molecular flexibility index (Phi) is 7.56. The smallest absolute Gasteiger partial charge is 0.0217 e. The first kappa shape index (κ1) is 29.9. The first-order valence-electron chi connectivity index (χ1n) is 17.5. The summed E-state index contributed by atoms with van der Waals surface area (Å²) in [5, 5.41) is 5.12. The van der Waals surface area contributed by atoms with Gasteiger partial charge in [-0.2, -0.15) is 0 Å². The molecule has 0 saturated heterocycles. The quantitative estimate of drug-likeness (QED) is 0.170. The fourth-order valence-electron chi connectivity index (χ4n) is 7.84. The van der Waals surface area contributed by atoms with Crippen LogP contribution in [-0.2, 0) is 0 Å². The molecule has 0 nitrogen and oxygen atoms in total. The highest BCUT2D eigenvalue weighted by Gasteiger charge is 2.20. The van der Waals surface area contributed by atoms with Crippen LogP contribution in [0.25, 0.3) is 71.6 Å². The van der Waals surface area contributed by atoms with E-state index in [9.17, 15) is 0 Å². The summed E-state index contributed by atoms with van der Waals surface area (Å²) >= 11 is 0. The third kappa shape index (κ3) is 5.27. The molecular formula is C50H36. The lowest BCUT2D eigenvalue weighted by Crippen LogP contribution is -1.96. The highest BCUT2D eigenvalue weighted by Crippen LogP contribution is 2.42. The Morgan fingerprint density at radius 3 is 1.44 bits per heavy atom. The Hall–Kier alpha value is -6.24. The van der Waals surface area contributed by atoms with Crippen LogP contribution in [0.3, 0.4) is 0 Å². The number of hydrogen-bond acceptors (Lipinski definition) is 0. The molecule has 0 radical (unpaired) electrons. The summed E-state index contributed by atoms with van der Waals surface area (Å²) in [6.45, 7) is 2.23. The highest BCUT2D eigenvalue weighted by molar-refractivity contribution is 6.06. The number of rotatable bonds is 6. The third-order valence-corrected chi connectivity index (χ3v) is 10.3. The summed E-state index contributed by atoms with van der Waals surface area (Å²) in [4.78, 5) is 0. The molecule has 0 N–H and O–H groups in total. The average molecular weight is 637 g/mol. The molecule has 9 rings (SSSR count). The van der Waals surface area contributed by atoms with Crippen LogP contribution in [-0.4, -0.2) is 0 Å². The molecule has 8 aromatic rings. The molecule has 1 aliphatic rings. The molecule has 0 bridgehead atoms. The summed E-state index contributed by atoms with van der Waals surface area (Å²) < 4.78 is 0. The minimum absolute atomic E-state index is 0.183. The van der Waals surface area contributed by atoms with Crippen LogP contribution in [0.4, 0.5) is 0 Å². The highest BCUT2D eigenvalue weighted by atomic mass is 14.2. The van der Waals surface area contributed by atoms with Gasteiger partial charge < -0.3 is 0 Å². The molecule has 1 unspecified atom stereocenters. The Labute approximate surface area is 294 Å². The fraction of sp³-hybridized carbons (Fsp3) is 0.0400. The molecule has 50 heavy (non-hydrogen) atoms. The van der Waals surface area contributed by atoms with E-state index in [0.29, 0.717) is 0 Å². The number of aryl methyl sites for hydroxylation is 1. The van der Waals surface area contributed by atoms with Crippen LogP contribution in [0.15, 0.2) is 194 Å². The van der Waals surface area contributed by atoms with Gasteiger partial charge in [-0.3, -0.25) is 0 Å². The first-order chi connectivity index (χ1) is 24.7. The van der Waals surface area contributed by atoms with Gasteiger partial charge in [0.2, 0.25) is 0 Å². The molecule has 1 atom stereocenters. The largest absolute Gasteiger partial charge is 0.0726 e. The van der Waals surface area contributed by atoms with Crippen LogP contribution >= 0.6 is 0 Å². The predicted octanol–water partition coefficient (Wildman–Crippen LogP) is 13.7. The van der Waals surface area contributed by atoms with E-state index in [0.717, 1.165) is 0 Å². The Bertz CT molecular complexity index is 2580. The molecule has 1 aliphatic carbocycles. The van der Waals surface area contributed by atoms with Crippen molar-refractivity contribution in [3.8, 4) is 44.5 Å². The standard InChI is InChI=1S/C50H36/c1-34-24-25-39(44-31-29-42(36-16-6-3-7-17-36)46-20-11-13-22-48(44)46)33-50(34)49-23-9-8-18-40(49)37-26-27-38(32-37)43-30-28-41(35-14-4-2-5-15-35)45-19-10-12-21-47(43)45/h2-33,37H,1H3. The van der Waals surface area contributed by atoms with Crippen LogP contribution in [0.1, 0.15) is 22.6 Å². The lowest BCUT2D eigenvalue weighted by molar-refractivity contribution is 1.11. The molecule has 0 spiro atoms. The van der Waals surface area contributed by atoms with Crippen LogP contribution in [0, 0.1) is 6.92 Å². The maximum absolute atomic E-state index is 2.44. The van der Waals surface area contributed by atoms with Crippen molar-refractivity contribution >= 4 is 27.1 Å². The molecule has 0 saturated carbocycles. The SMILES string of the molecule is Cc1ccc(-c2ccc(-c3ccccc3)c3ccccc23)cc1-c1ccccc1C1C=CC(c2ccc(-c3ccccc3)c3ccccc23)=C1. The Balaban J connectivity index is 1.11. The number of benzene rings is 8. The van der Waals surface area contributed by atoms with Crippen molar-refractivity contribution < 1.29 is 0 Å². The van der Waals surface area contributed by atoms with Crippen molar-refractivity contribution in [3.05, 3.63) is 211 Å². The number of allylic oxidation sites excluding steroid dienone is 4. The molecule has 8 aromatic carbocycles. The monoisotopic (exact) mass is 636 g/mol. The molecule has 0 aliphatic heterocycles. The molecule has 0 heterocycles. The molecule has 0 amide bonds. The molecule has 0 fully saturated rings. The van der Waals surface area contributed by atoms with E-state index in [1.807, 2.05) is 0 Å². The van der Waals surface area contributed by atoms with Crippen molar-refractivity contribution in [1.82, 2.24) is 0 Å². The van der Waals surface area contributed by atoms with Crippen molar-refractivity contribution in [2.24, 2.45) is 0 Å². The van der Waals surface area contributed by atoms with Gasteiger partial charge in [-0.05, 0) is 101 Å². The van der Waals surface area contributed by atoms with E-state index in [2.05, 4.69) is 201 Å². The van der Waals surface area contributed by atoms with E-state index >= 15 is 0 Å². The summed E-state index contributed by atoms with van der Waals surface area (Å²) in [6, 6.07) is 64.1. The van der Waals surface area contributed by atoms with E-state index in [1.165, 1.54) is 88.3 Å². The van der Waals surface area contributed by atoms with E-state index in [1.54, 1.807) is 0 Å². The zero-order valence-corrected chi connectivity index (χ0v) is 28.1. The second kappa shape index (κ2) is 12.7. The fourth-order valence-corrected chi connectivity index (χ4v) is 7.84. The minimum Gasteiger partial charge on any atom is -0.0726 e. The molecule has 0 heteroatoms. The Morgan fingerprint density at radius 1 is 0.360 bits per heavy atom. The van der Waals surface area contributed by atoms with Crippen LogP contribution < -0.4 is 0 Å². The van der Waals surface area contributed by atoms with Gasteiger partial charge in [-0.25, -0.2) is 0 Å². The van der Waals surface area contributed by atoms with Gasteiger partial charge in [0.15, 0.2) is 0 Å². The summed E-state index contributed by atoms with van der Waals surface area (Å²) in [7, 11) is 0. The van der Waals surface area contributed by atoms with Gasteiger partial charge in [0.05, 0.1) is 0 Å². The topological polar surface area (TPSA) is 0 Å². The Morgan fingerprint density at radius 2 is 0.840 bits per heavy atom. The third-order valence-electron chi connectivity index (χ3n) is 10.3. The van der Waals surface area contributed by atoms with Crippen molar-refractivity contribution in [1.29, 1.82) is 0 Å². The summed E-state index contributed by atoms with van der Waals surface area (Å²) in [5.41, 5.74) is 15.2. The van der Waals surface area contributed by atoms with E-state index in [4.69, 9.17) is 0 Å². The molecule has 236 valence electrons. The minimum atomic E-state index is 0.183. The van der Waals surface area contributed by atoms with Gasteiger partial charge in [0.1, 0.15) is 0 Å². The molecular weight excluding hydrogens is 601 g/mol. The number of fused-ring (bicyclic) bond motifs is 2. The van der Waals surface area contributed by atoms with Crippen molar-refractivity contribution in [2.45, 2.75) is 12.8 Å². The van der Waals surface area contributed by atoms with Crippen LogP contribution in [0.5, 0.6) is 0 Å². The van der Waals surface area contributed by atoms with E-state index in [-0.39, 0.29) is 5.92 Å². The second-order valence-electron chi connectivity index (χ2n) is 13.3. The molecule has 0 aromatic heterocycles. The van der Waals surface area contributed by atoms with Crippen molar-refractivity contribution in [2.75, 3.05) is 0 Å². The maximum atomic E-state index is 2.44.